The summed E-state index contributed by atoms with van der Waals surface area (Å²) in [5.41, 5.74) is 0.0146. The second-order valence-corrected chi connectivity index (χ2v) is 5.07. The number of hydrogen-bond donors (Lipinski definition) is 2. The van der Waals surface area contributed by atoms with Gasteiger partial charge in [0.1, 0.15) is 5.75 Å². The number of phenolic OH excluding ortho intramolecular Hbond substituents is 1. The summed E-state index contributed by atoms with van der Waals surface area (Å²) in [5.74, 6) is -0.703. The van der Waals surface area contributed by atoms with Crippen LogP contribution in [0, 0.1) is 0 Å². The summed E-state index contributed by atoms with van der Waals surface area (Å²) in [6.07, 6.45) is 2.10. The van der Waals surface area contributed by atoms with E-state index in [9.17, 15) is 9.90 Å². The fraction of sp³-hybridized carbons (Fsp3) is 0.308. The van der Waals surface area contributed by atoms with Crippen LogP contribution in [0.2, 0.25) is 10.0 Å². The van der Waals surface area contributed by atoms with Gasteiger partial charge in [0.05, 0.1) is 22.7 Å². The minimum Gasteiger partial charge on any atom is -0.507 e. The van der Waals surface area contributed by atoms with Crippen LogP contribution in [-0.4, -0.2) is 29.8 Å². The highest BCUT2D eigenvalue weighted by Crippen LogP contribution is 2.30. The average Bonchev–Trinajstić information content (AvgIpc) is 2.74. The van der Waals surface area contributed by atoms with Crippen LogP contribution in [0.4, 0.5) is 0 Å². The fourth-order valence-corrected chi connectivity index (χ4v) is 2.59. The summed E-state index contributed by atoms with van der Waals surface area (Å²) in [6, 6.07) is 2.52. The van der Waals surface area contributed by atoms with Gasteiger partial charge in [-0.1, -0.05) is 29.3 Å². The van der Waals surface area contributed by atoms with Crippen molar-refractivity contribution in [3.63, 3.8) is 0 Å². The first-order valence-corrected chi connectivity index (χ1v) is 6.51. The quantitative estimate of drug-likeness (QED) is 0.844. The Kier molecular flexibility index (Phi) is 4.34. The van der Waals surface area contributed by atoms with Gasteiger partial charge in [-0.3, -0.25) is 4.79 Å². The Morgan fingerprint density at radius 2 is 2.26 bits per heavy atom. The molecule has 1 amide bonds. The largest absolute Gasteiger partial charge is 0.507 e. The van der Waals surface area contributed by atoms with E-state index < -0.39 is 5.91 Å². The van der Waals surface area contributed by atoms with E-state index in [0.29, 0.717) is 13.0 Å². The number of halogens is 2. The van der Waals surface area contributed by atoms with E-state index in [4.69, 9.17) is 27.9 Å². The minimum atomic E-state index is -0.457. The third-order valence-electron chi connectivity index (χ3n) is 2.95. The van der Waals surface area contributed by atoms with E-state index in [2.05, 4.69) is 11.9 Å². The summed E-state index contributed by atoms with van der Waals surface area (Å²) < 4.78 is 5.38. The van der Waals surface area contributed by atoms with Crippen molar-refractivity contribution in [1.29, 1.82) is 0 Å². The van der Waals surface area contributed by atoms with Gasteiger partial charge in [-0.05, 0) is 18.6 Å². The normalized spacial score (nSPS) is 22.2. The number of rotatable bonds is 3. The fourth-order valence-electron chi connectivity index (χ4n) is 2.02. The van der Waals surface area contributed by atoms with Crippen molar-refractivity contribution in [2.24, 2.45) is 0 Å². The molecule has 1 saturated heterocycles. The van der Waals surface area contributed by atoms with Gasteiger partial charge in [-0.25, -0.2) is 0 Å². The number of hydrogen-bond acceptors (Lipinski definition) is 3. The van der Waals surface area contributed by atoms with Crippen LogP contribution in [0.25, 0.3) is 0 Å². The lowest BCUT2D eigenvalue weighted by atomic mass is 10.1. The van der Waals surface area contributed by atoms with Crippen molar-refractivity contribution in [1.82, 2.24) is 5.32 Å². The molecule has 1 aromatic rings. The molecule has 102 valence electrons. The van der Waals surface area contributed by atoms with E-state index in [1.165, 1.54) is 12.1 Å². The third kappa shape index (κ3) is 3.03. The number of ether oxygens (including phenoxy) is 1. The number of nitrogens with one attached hydrogen (secondary N) is 1. The molecule has 2 rings (SSSR count). The molecule has 0 saturated carbocycles. The van der Waals surface area contributed by atoms with Crippen LogP contribution in [0.3, 0.4) is 0 Å². The van der Waals surface area contributed by atoms with Gasteiger partial charge in [0.2, 0.25) is 0 Å². The highest BCUT2D eigenvalue weighted by Gasteiger charge is 2.28. The van der Waals surface area contributed by atoms with Crippen LogP contribution in [-0.2, 0) is 4.74 Å². The highest BCUT2D eigenvalue weighted by atomic mass is 35.5. The number of amides is 1. The van der Waals surface area contributed by atoms with Gasteiger partial charge in [-0.15, -0.1) is 6.58 Å². The second kappa shape index (κ2) is 5.82. The molecule has 6 heteroatoms. The zero-order chi connectivity index (χ0) is 14.0. The van der Waals surface area contributed by atoms with Crippen molar-refractivity contribution in [3.8, 4) is 5.75 Å². The van der Waals surface area contributed by atoms with Gasteiger partial charge in [-0.2, -0.15) is 0 Å². The molecule has 1 aromatic carbocycles. The first-order valence-electron chi connectivity index (χ1n) is 5.76. The molecule has 0 unspecified atom stereocenters. The zero-order valence-electron chi connectivity index (χ0n) is 10.0. The summed E-state index contributed by atoms with van der Waals surface area (Å²) in [7, 11) is 0. The van der Waals surface area contributed by atoms with E-state index in [-0.39, 0.29) is 33.5 Å². The second-order valence-electron chi connectivity index (χ2n) is 4.22. The number of benzene rings is 1. The van der Waals surface area contributed by atoms with E-state index >= 15 is 0 Å². The summed E-state index contributed by atoms with van der Waals surface area (Å²) in [4.78, 5) is 12.1. The summed E-state index contributed by atoms with van der Waals surface area (Å²) >= 11 is 11.7. The molecule has 1 fully saturated rings. The molecule has 2 atom stereocenters. The van der Waals surface area contributed by atoms with Crippen molar-refractivity contribution < 1.29 is 14.6 Å². The molecule has 0 aromatic heterocycles. The van der Waals surface area contributed by atoms with Gasteiger partial charge < -0.3 is 15.2 Å². The standard InChI is InChI=1S/C13H13Cl2NO3/c1-2-11-9(3-4-19-11)16-13(18)12-8(15)5-7(14)6-10(12)17/h2,5-6,9,11,17H,1,3-4H2,(H,16,18)/t9-,11+/m0/s1. The molecule has 0 spiro atoms. The maximum absolute atomic E-state index is 12.1. The molecule has 1 aliphatic rings. The Bertz CT molecular complexity index is 496. The van der Waals surface area contributed by atoms with Crippen LogP contribution in [0.5, 0.6) is 5.75 Å². The van der Waals surface area contributed by atoms with Gasteiger partial charge >= 0.3 is 0 Å². The third-order valence-corrected chi connectivity index (χ3v) is 3.46. The molecule has 1 heterocycles. The molecule has 4 nitrogen and oxygen atoms in total. The lowest BCUT2D eigenvalue weighted by molar-refractivity contribution is 0.0898. The first kappa shape index (κ1) is 14.2. The predicted molar refractivity (Wildman–Crippen MR) is 73.9 cm³/mol. The molecule has 0 radical (unpaired) electrons. The predicted octanol–water partition coefficient (Wildman–Crippen LogP) is 2.77. The SMILES string of the molecule is C=C[C@H]1OCC[C@@H]1NC(=O)c1c(O)cc(Cl)cc1Cl. The molecule has 0 bridgehead atoms. The van der Waals surface area contributed by atoms with Crippen molar-refractivity contribution in [2.45, 2.75) is 18.6 Å². The average molecular weight is 302 g/mol. The Labute approximate surface area is 121 Å². The Balaban J connectivity index is 2.18. The van der Waals surface area contributed by atoms with Crippen molar-refractivity contribution >= 4 is 29.1 Å². The molecular weight excluding hydrogens is 289 g/mol. The maximum Gasteiger partial charge on any atom is 0.256 e. The first-order chi connectivity index (χ1) is 9.02. The van der Waals surface area contributed by atoms with Crippen molar-refractivity contribution in [2.75, 3.05) is 6.61 Å². The maximum atomic E-state index is 12.1. The number of aromatic hydroxyl groups is 1. The van der Waals surface area contributed by atoms with Crippen LogP contribution in [0.1, 0.15) is 16.8 Å². The molecule has 0 aliphatic carbocycles. The van der Waals surface area contributed by atoms with Crippen molar-refractivity contribution in [3.05, 3.63) is 40.4 Å². The van der Waals surface area contributed by atoms with Crippen LogP contribution in [0.15, 0.2) is 24.8 Å². The topological polar surface area (TPSA) is 58.6 Å². The van der Waals surface area contributed by atoms with E-state index in [1.54, 1.807) is 6.08 Å². The summed E-state index contributed by atoms with van der Waals surface area (Å²) in [5, 5.41) is 12.9. The Hall–Kier alpha value is -1.23. The van der Waals surface area contributed by atoms with E-state index in [1.807, 2.05) is 0 Å². The lowest BCUT2D eigenvalue weighted by Gasteiger charge is -2.17. The molecule has 19 heavy (non-hydrogen) atoms. The number of carbonyl (C=O) groups is 1. The minimum absolute atomic E-state index is 0.0146. The number of phenols is 1. The molecule has 2 N–H and O–H groups in total. The van der Waals surface area contributed by atoms with Gasteiger partial charge in [0, 0.05) is 11.6 Å². The number of carbonyl (C=O) groups excluding carboxylic acids is 1. The molecule has 1 aliphatic heterocycles. The van der Waals surface area contributed by atoms with Crippen LogP contribution >= 0.6 is 23.2 Å². The highest BCUT2D eigenvalue weighted by molar-refractivity contribution is 6.37. The smallest absolute Gasteiger partial charge is 0.256 e. The van der Waals surface area contributed by atoms with Gasteiger partial charge in [0.25, 0.3) is 5.91 Å². The Morgan fingerprint density at radius 3 is 2.89 bits per heavy atom. The van der Waals surface area contributed by atoms with E-state index in [0.717, 1.165) is 0 Å². The monoisotopic (exact) mass is 301 g/mol. The molecular formula is C13H13Cl2NO3. The summed E-state index contributed by atoms with van der Waals surface area (Å²) in [6.45, 7) is 4.21. The Morgan fingerprint density at radius 1 is 1.53 bits per heavy atom. The van der Waals surface area contributed by atoms with Gasteiger partial charge in [0.15, 0.2) is 0 Å². The van der Waals surface area contributed by atoms with Crippen LogP contribution < -0.4 is 5.32 Å². The zero-order valence-corrected chi connectivity index (χ0v) is 11.5. The lowest BCUT2D eigenvalue weighted by Crippen LogP contribution is -2.39.